The molecule has 1 unspecified atom stereocenters. The molecule has 0 saturated heterocycles. The molecule has 40 valence electrons. The smallest absolute Gasteiger partial charge is 0.0526 e. The van der Waals surface area contributed by atoms with Crippen LogP contribution in [0.5, 0.6) is 0 Å². The monoisotopic (exact) mass is 106 g/mol. The van der Waals surface area contributed by atoms with Gasteiger partial charge in [0.15, 0.2) is 0 Å². The van der Waals surface area contributed by atoms with Gasteiger partial charge in [-0.05, 0) is 15.7 Å². The zero-order valence-electron chi connectivity index (χ0n) is 3.83. The highest BCUT2D eigenvalue weighted by Gasteiger charge is 1.72. The molecule has 2 heteroatoms. The molecule has 0 aliphatic rings. The SMILES string of the molecule is CCCC[PH3+].[BH4-]. The van der Waals surface area contributed by atoms with E-state index in [-0.39, 0.29) is 8.41 Å². The Morgan fingerprint density at radius 3 is 2.00 bits per heavy atom. The van der Waals surface area contributed by atoms with E-state index in [1.54, 1.807) is 0 Å². The Morgan fingerprint density at radius 1 is 1.50 bits per heavy atom. The first-order chi connectivity index (χ1) is 2.41. The van der Waals surface area contributed by atoms with Gasteiger partial charge in [-0.25, -0.2) is 0 Å². The molecule has 0 N–H and O–H groups in total. The van der Waals surface area contributed by atoms with Crippen molar-refractivity contribution in [1.29, 1.82) is 0 Å². The lowest BCUT2D eigenvalue weighted by Crippen LogP contribution is -1.64. The lowest BCUT2D eigenvalue weighted by molar-refractivity contribution is 0.897. The maximum atomic E-state index is 2.22. The molecule has 0 spiro atoms. The second-order valence-corrected chi connectivity index (χ2v) is 1.91. The summed E-state index contributed by atoms with van der Waals surface area (Å²) >= 11 is 0. The molecule has 0 heterocycles. The van der Waals surface area contributed by atoms with Crippen LogP contribution in [0.2, 0.25) is 0 Å². The van der Waals surface area contributed by atoms with Gasteiger partial charge in [0.1, 0.15) is 0 Å². The van der Waals surface area contributed by atoms with E-state index in [0.29, 0.717) is 0 Å². The van der Waals surface area contributed by atoms with Crippen molar-refractivity contribution in [3.05, 3.63) is 0 Å². The van der Waals surface area contributed by atoms with Gasteiger partial charge < -0.3 is 0 Å². The van der Waals surface area contributed by atoms with Gasteiger partial charge in [-0.1, -0.05) is 21.8 Å². The van der Waals surface area contributed by atoms with Crippen molar-refractivity contribution in [3.63, 3.8) is 0 Å². The van der Waals surface area contributed by atoms with E-state index in [4.69, 9.17) is 0 Å². The number of hydrogen-bond donors (Lipinski definition) is 0. The van der Waals surface area contributed by atoms with Crippen molar-refractivity contribution in [1.82, 2.24) is 0 Å². The molecule has 6 heavy (non-hydrogen) atoms. The van der Waals surface area contributed by atoms with Gasteiger partial charge in [0.05, 0.1) is 6.16 Å². The summed E-state index contributed by atoms with van der Waals surface area (Å²) in [5.74, 6) is 0. The van der Waals surface area contributed by atoms with Crippen molar-refractivity contribution in [2.45, 2.75) is 19.8 Å². The van der Waals surface area contributed by atoms with Gasteiger partial charge in [-0.15, -0.1) is 0 Å². The largest absolute Gasteiger partial charge is 0.0652 e. The summed E-state index contributed by atoms with van der Waals surface area (Å²) in [5.41, 5.74) is 0. The summed E-state index contributed by atoms with van der Waals surface area (Å²) in [6, 6.07) is 0. The molecule has 0 nitrogen and oxygen atoms in total. The summed E-state index contributed by atoms with van der Waals surface area (Å²) in [6.45, 7) is 2.22. The molecular formula is C4H16BP. The average Bonchev–Trinajstić information content (AvgIpc) is 1.41. The van der Waals surface area contributed by atoms with Crippen LogP contribution in [0.4, 0.5) is 0 Å². The van der Waals surface area contributed by atoms with Crippen molar-refractivity contribution in [2.24, 2.45) is 0 Å². The third-order valence-corrected chi connectivity index (χ3v) is 1.10. The molecular weight excluding hydrogens is 89.8 g/mol. The highest BCUT2D eigenvalue weighted by molar-refractivity contribution is 7.16. The second-order valence-electron chi connectivity index (χ2n) is 1.21. The van der Waals surface area contributed by atoms with Gasteiger partial charge in [-0.2, -0.15) is 0 Å². The Labute approximate surface area is 44.5 Å². The topological polar surface area (TPSA) is 0 Å². The predicted molar refractivity (Wildman–Crippen MR) is 42.2 cm³/mol. The first-order valence-electron chi connectivity index (χ1n) is 2.21. The van der Waals surface area contributed by atoms with Crippen LogP contribution in [0.3, 0.4) is 0 Å². The first kappa shape index (κ1) is 9.71. The molecule has 1 atom stereocenters. The molecule has 0 radical (unpaired) electrons. The minimum Gasteiger partial charge on any atom is -0.0652 e. The van der Waals surface area contributed by atoms with Crippen molar-refractivity contribution < 1.29 is 0 Å². The lowest BCUT2D eigenvalue weighted by Gasteiger charge is -1.75. The maximum Gasteiger partial charge on any atom is 0.0526 e. The lowest BCUT2D eigenvalue weighted by atomic mass is 10.4. The molecule has 0 bridgehead atoms. The fraction of sp³-hybridized carbons (Fsp3) is 1.00. The normalized spacial score (nSPS) is 7.50. The fourth-order valence-corrected chi connectivity index (χ4v) is 0.750. The summed E-state index contributed by atoms with van der Waals surface area (Å²) < 4.78 is 0. The number of rotatable bonds is 2. The first-order valence-corrected chi connectivity index (χ1v) is 3.21. The average molecular weight is 106 g/mol. The van der Waals surface area contributed by atoms with Crippen LogP contribution >= 0.6 is 9.24 Å². The zero-order chi connectivity index (χ0) is 4.12. The molecule has 0 aliphatic carbocycles. The van der Waals surface area contributed by atoms with Gasteiger partial charge >= 0.3 is 0 Å². The highest BCUT2D eigenvalue weighted by Crippen LogP contribution is 1.89. The Kier molecular flexibility index (Phi) is 14.7. The van der Waals surface area contributed by atoms with Crippen LogP contribution in [-0.2, 0) is 0 Å². The summed E-state index contributed by atoms with van der Waals surface area (Å²) in [6.07, 6.45) is 4.12. The van der Waals surface area contributed by atoms with Crippen molar-refractivity contribution in [3.8, 4) is 0 Å². The maximum absolute atomic E-state index is 2.22. The third-order valence-electron chi connectivity index (χ3n) is 0.604. The molecule has 0 rings (SSSR count). The summed E-state index contributed by atoms with van der Waals surface area (Å²) in [4.78, 5) is 0. The summed E-state index contributed by atoms with van der Waals surface area (Å²) in [5, 5.41) is 0. The van der Waals surface area contributed by atoms with Crippen molar-refractivity contribution >= 4 is 17.7 Å². The molecule has 0 aromatic carbocycles. The zero-order valence-corrected chi connectivity index (χ0v) is 5.24. The van der Waals surface area contributed by atoms with Gasteiger partial charge in [0.2, 0.25) is 0 Å². The Bertz CT molecular complexity index is 15.0. The Morgan fingerprint density at radius 2 is 2.00 bits per heavy atom. The Balaban J connectivity index is 0. The van der Waals surface area contributed by atoms with E-state index in [1.165, 1.54) is 19.0 Å². The van der Waals surface area contributed by atoms with E-state index in [9.17, 15) is 0 Å². The van der Waals surface area contributed by atoms with E-state index in [2.05, 4.69) is 6.92 Å². The van der Waals surface area contributed by atoms with Gasteiger partial charge in [0.25, 0.3) is 0 Å². The number of unbranched alkanes of at least 4 members (excludes halogenated alkanes) is 1. The van der Waals surface area contributed by atoms with Crippen LogP contribution in [0.25, 0.3) is 0 Å². The van der Waals surface area contributed by atoms with E-state index in [0.717, 1.165) is 0 Å². The minimum absolute atomic E-state index is 0. The number of hydrogen-bond acceptors (Lipinski definition) is 0. The molecule has 0 saturated carbocycles. The van der Waals surface area contributed by atoms with Crippen LogP contribution in [0, 0.1) is 0 Å². The highest BCUT2D eigenvalue weighted by atomic mass is 31.0. The fourth-order valence-electron chi connectivity index (χ4n) is 0.250. The predicted octanol–water partition coefficient (Wildman–Crippen LogP) is -0.0577. The van der Waals surface area contributed by atoms with E-state index >= 15 is 0 Å². The molecule has 0 amide bonds. The second kappa shape index (κ2) is 9.09. The van der Waals surface area contributed by atoms with Gasteiger partial charge in [-0.3, -0.25) is 0 Å². The van der Waals surface area contributed by atoms with Crippen LogP contribution < -0.4 is 0 Å². The van der Waals surface area contributed by atoms with Crippen LogP contribution in [-0.4, -0.2) is 14.6 Å². The van der Waals surface area contributed by atoms with Crippen LogP contribution in [0.15, 0.2) is 0 Å². The van der Waals surface area contributed by atoms with Gasteiger partial charge in [0, 0.05) is 0 Å². The molecule has 0 aliphatic heterocycles. The van der Waals surface area contributed by atoms with E-state index < -0.39 is 0 Å². The minimum atomic E-state index is 0. The van der Waals surface area contributed by atoms with Crippen LogP contribution in [0.1, 0.15) is 19.8 Å². The molecule has 0 fully saturated rings. The quantitative estimate of drug-likeness (QED) is 0.341. The van der Waals surface area contributed by atoms with Crippen molar-refractivity contribution in [2.75, 3.05) is 6.16 Å². The standard InChI is InChI=1S/C4H11P.BH4/c1-2-3-4-5;/h2-5H2,1H3;1H4/q;-1/p+1. The van der Waals surface area contributed by atoms with E-state index in [1.807, 2.05) is 9.24 Å². The molecule has 0 aromatic heterocycles. The molecule has 0 aromatic rings. The third kappa shape index (κ3) is 8.82. The summed E-state index contributed by atoms with van der Waals surface area (Å²) in [7, 11) is 2.05. The Hall–Kier alpha value is 0.495.